The highest BCUT2D eigenvalue weighted by atomic mass is 35.5. The average Bonchev–Trinajstić information content (AvgIpc) is 3.16. The zero-order valence-corrected chi connectivity index (χ0v) is 16.8. The standard InChI is InChI=1S/C19H18ClN5O2S/c1-12-15(18(27)21-2)7-4-8-16(12)23-17(26)10-28-19-24-22-11-25(19)14-6-3-5-13(20)9-14/h3-9,11H,10H2,1-2H3,(H,21,27)(H,23,26). The maximum absolute atomic E-state index is 12.4. The molecule has 9 heteroatoms. The summed E-state index contributed by atoms with van der Waals surface area (Å²) in [5.41, 5.74) is 2.65. The molecule has 0 aliphatic carbocycles. The van der Waals surface area contributed by atoms with Crippen LogP contribution < -0.4 is 10.6 Å². The van der Waals surface area contributed by atoms with Gasteiger partial charge in [-0.2, -0.15) is 0 Å². The second-order valence-corrected chi connectivity index (χ2v) is 7.24. The number of nitrogens with zero attached hydrogens (tertiary/aromatic N) is 3. The van der Waals surface area contributed by atoms with Gasteiger partial charge >= 0.3 is 0 Å². The number of aromatic nitrogens is 3. The Hall–Kier alpha value is -2.84. The lowest BCUT2D eigenvalue weighted by atomic mass is 10.1. The number of halogens is 1. The van der Waals surface area contributed by atoms with E-state index in [-0.39, 0.29) is 17.6 Å². The number of nitrogens with one attached hydrogen (secondary N) is 2. The molecule has 1 heterocycles. The first-order valence-corrected chi connectivity index (χ1v) is 9.76. The molecule has 0 aliphatic rings. The molecule has 0 radical (unpaired) electrons. The zero-order chi connectivity index (χ0) is 20.1. The third-order valence-corrected chi connectivity index (χ3v) is 5.19. The molecular formula is C19H18ClN5O2S. The van der Waals surface area contributed by atoms with E-state index in [9.17, 15) is 9.59 Å². The van der Waals surface area contributed by atoms with E-state index in [0.717, 1.165) is 5.69 Å². The van der Waals surface area contributed by atoms with Crippen LogP contribution >= 0.6 is 23.4 Å². The highest BCUT2D eigenvalue weighted by Gasteiger charge is 2.14. The van der Waals surface area contributed by atoms with Crippen molar-refractivity contribution in [1.29, 1.82) is 0 Å². The van der Waals surface area contributed by atoms with Crippen LogP contribution in [0.25, 0.3) is 5.69 Å². The molecule has 0 unspecified atom stereocenters. The van der Waals surface area contributed by atoms with Crippen LogP contribution in [0.1, 0.15) is 15.9 Å². The molecule has 0 saturated carbocycles. The summed E-state index contributed by atoms with van der Waals surface area (Å²) in [7, 11) is 1.57. The third kappa shape index (κ3) is 4.52. The normalized spacial score (nSPS) is 10.5. The van der Waals surface area contributed by atoms with Gasteiger partial charge in [-0.1, -0.05) is 35.5 Å². The highest BCUT2D eigenvalue weighted by molar-refractivity contribution is 7.99. The molecule has 3 rings (SSSR count). The van der Waals surface area contributed by atoms with Gasteiger partial charge in [0.1, 0.15) is 6.33 Å². The molecule has 0 saturated heterocycles. The van der Waals surface area contributed by atoms with Crippen LogP contribution in [0.4, 0.5) is 5.69 Å². The first-order valence-electron chi connectivity index (χ1n) is 8.40. The second-order valence-electron chi connectivity index (χ2n) is 5.86. The molecule has 0 bridgehead atoms. The Balaban J connectivity index is 1.68. The Morgan fingerprint density at radius 1 is 1.21 bits per heavy atom. The van der Waals surface area contributed by atoms with Crippen molar-refractivity contribution < 1.29 is 9.59 Å². The minimum absolute atomic E-state index is 0.142. The van der Waals surface area contributed by atoms with Crippen molar-refractivity contribution in [3.05, 3.63) is 64.9 Å². The van der Waals surface area contributed by atoms with E-state index >= 15 is 0 Å². The molecule has 28 heavy (non-hydrogen) atoms. The van der Waals surface area contributed by atoms with Gasteiger partial charge in [0.05, 0.1) is 11.4 Å². The second kappa shape index (κ2) is 8.90. The molecule has 0 atom stereocenters. The number of thioether (sulfide) groups is 1. The third-order valence-electron chi connectivity index (χ3n) is 4.01. The van der Waals surface area contributed by atoms with E-state index in [0.29, 0.717) is 27.0 Å². The largest absolute Gasteiger partial charge is 0.355 e. The maximum atomic E-state index is 12.4. The Bertz CT molecular complexity index is 1020. The van der Waals surface area contributed by atoms with Gasteiger partial charge in [0.2, 0.25) is 5.91 Å². The van der Waals surface area contributed by atoms with Crippen LogP contribution in [0.2, 0.25) is 5.02 Å². The van der Waals surface area contributed by atoms with Crippen molar-refractivity contribution in [2.45, 2.75) is 12.1 Å². The van der Waals surface area contributed by atoms with Gasteiger partial charge in [-0.25, -0.2) is 0 Å². The number of amides is 2. The minimum atomic E-state index is -0.206. The molecular weight excluding hydrogens is 398 g/mol. The monoisotopic (exact) mass is 415 g/mol. The smallest absolute Gasteiger partial charge is 0.251 e. The van der Waals surface area contributed by atoms with E-state index in [4.69, 9.17) is 11.6 Å². The zero-order valence-electron chi connectivity index (χ0n) is 15.3. The van der Waals surface area contributed by atoms with Gasteiger partial charge < -0.3 is 10.6 Å². The van der Waals surface area contributed by atoms with E-state index in [1.807, 2.05) is 12.1 Å². The van der Waals surface area contributed by atoms with Crippen LogP contribution in [0.5, 0.6) is 0 Å². The number of carbonyl (C=O) groups is 2. The molecule has 0 spiro atoms. The summed E-state index contributed by atoms with van der Waals surface area (Å²) in [6.07, 6.45) is 1.57. The summed E-state index contributed by atoms with van der Waals surface area (Å²) in [5.74, 6) is -0.261. The van der Waals surface area contributed by atoms with Gasteiger partial charge in [-0.3, -0.25) is 14.2 Å². The van der Waals surface area contributed by atoms with Crippen molar-refractivity contribution in [3.63, 3.8) is 0 Å². The summed E-state index contributed by atoms with van der Waals surface area (Å²) >= 11 is 7.30. The molecule has 2 N–H and O–H groups in total. The quantitative estimate of drug-likeness (QED) is 0.603. The lowest BCUT2D eigenvalue weighted by Crippen LogP contribution is -2.21. The number of hydrogen-bond donors (Lipinski definition) is 2. The number of anilines is 1. The number of hydrogen-bond acceptors (Lipinski definition) is 5. The summed E-state index contributed by atoms with van der Waals surface area (Å²) in [6, 6.07) is 12.5. The fourth-order valence-electron chi connectivity index (χ4n) is 2.59. The van der Waals surface area contributed by atoms with Crippen molar-refractivity contribution >= 4 is 40.9 Å². The van der Waals surface area contributed by atoms with Gasteiger partial charge in [0, 0.05) is 23.3 Å². The molecule has 144 valence electrons. The van der Waals surface area contributed by atoms with Crippen LogP contribution in [0.3, 0.4) is 0 Å². The maximum Gasteiger partial charge on any atom is 0.251 e. The van der Waals surface area contributed by atoms with Gasteiger partial charge in [-0.15, -0.1) is 10.2 Å². The number of benzene rings is 2. The first-order chi connectivity index (χ1) is 13.5. The van der Waals surface area contributed by atoms with Crippen LogP contribution in [0, 0.1) is 6.92 Å². The van der Waals surface area contributed by atoms with E-state index < -0.39 is 0 Å². The highest BCUT2D eigenvalue weighted by Crippen LogP contribution is 2.23. The SMILES string of the molecule is CNC(=O)c1cccc(NC(=O)CSc2nncn2-c2cccc(Cl)c2)c1C. The Labute approximate surface area is 171 Å². The summed E-state index contributed by atoms with van der Waals surface area (Å²) in [5, 5.41) is 14.6. The molecule has 1 aromatic heterocycles. The van der Waals surface area contributed by atoms with Gasteiger partial charge in [-0.05, 0) is 42.8 Å². The molecule has 2 aromatic carbocycles. The van der Waals surface area contributed by atoms with E-state index in [1.54, 1.807) is 55.2 Å². The minimum Gasteiger partial charge on any atom is -0.355 e. The predicted octanol–water partition coefficient (Wildman–Crippen LogP) is 3.32. The van der Waals surface area contributed by atoms with E-state index in [1.165, 1.54) is 11.8 Å². The van der Waals surface area contributed by atoms with E-state index in [2.05, 4.69) is 20.8 Å². The van der Waals surface area contributed by atoms with Crippen molar-refractivity contribution in [2.24, 2.45) is 0 Å². The Morgan fingerprint density at radius 3 is 2.75 bits per heavy atom. The lowest BCUT2D eigenvalue weighted by molar-refractivity contribution is -0.113. The topological polar surface area (TPSA) is 88.9 Å². The van der Waals surface area contributed by atoms with Gasteiger partial charge in [0.25, 0.3) is 5.91 Å². The van der Waals surface area contributed by atoms with Crippen LogP contribution in [0.15, 0.2) is 53.9 Å². The van der Waals surface area contributed by atoms with Crippen LogP contribution in [-0.4, -0.2) is 39.4 Å². The molecule has 0 aliphatic heterocycles. The fourth-order valence-corrected chi connectivity index (χ4v) is 3.51. The molecule has 3 aromatic rings. The Morgan fingerprint density at radius 2 is 2.00 bits per heavy atom. The summed E-state index contributed by atoms with van der Waals surface area (Å²) in [4.78, 5) is 24.3. The number of rotatable bonds is 6. The van der Waals surface area contributed by atoms with Crippen molar-refractivity contribution in [2.75, 3.05) is 18.1 Å². The van der Waals surface area contributed by atoms with Gasteiger partial charge in [0.15, 0.2) is 5.16 Å². The molecule has 2 amide bonds. The van der Waals surface area contributed by atoms with Crippen molar-refractivity contribution in [1.82, 2.24) is 20.1 Å². The summed E-state index contributed by atoms with van der Waals surface area (Å²) in [6.45, 7) is 1.79. The molecule has 0 fully saturated rings. The van der Waals surface area contributed by atoms with Crippen molar-refractivity contribution in [3.8, 4) is 5.69 Å². The summed E-state index contributed by atoms with van der Waals surface area (Å²) < 4.78 is 1.77. The fraction of sp³-hybridized carbons (Fsp3) is 0.158. The molecule has 7 nitrogen and oxygen atoms in total. The first kappa shape index (κ1) is 19.9. The predicted molar refractivity (Wildman–Crippen MR) is 110 cm³/mol. The Kier molecular flexibility index (Phi) is 6.33. The average molecular weight is 416 g/mol. The van der Waals surface area contributed by atoms with Crippen LogP contribution in [-0.2, 0) is 4.79 Å². The number of carbonyl (C=O) groups excluding carboxylic acids is 2. The lowest BCUT2D eigenvalue weighted by Gasteiger charge is -2.12.